The maximum atomic E-state index is 12.7. The Bertz CT molecular complexity index is 905. The molecule has 362 valence electrons. The zero-order chi connectivity index (χ0) is 44.4. The molecular formula is C55H106O6. The third-order valence-corrected chi connectivity index (χ3v) is 12.6. The first-order chi connectivity index (χ1) is 30.0. The van der Waals surface area contributed by atoms with Crippen LogP contribution in [0.1, 0.15) is 316 Å². The van der Waals surface area contributed by atoms with Crippen molar-refractivity contribution < 1.29 is 28.6 Å². The van der Waals surface area contributed by atoms with E-state index in [9.17, 15) is 14.4 Å². The Morgan fingerprint density at radius 2 is 0.443 bits per heavy atom. The van der Waals surface area contributed by atoms with Crippen LogP contribution in [0.25, 0.3) is 0 Å². The van der Waals surface area contributed by atoms with Crippen LogP contribution < -0.4 is 0 Å². The highest BCUT2D eigenvalue weighted by Gasteiger charge is 2.19. The topological polar surface area (TPSA) is 78.9 Å². The molecule has 1 atom stereocenters. The number of carbonyl (C=O) groups excluding carboxylic acids is 3. The normalized spacial score (nSPS) is 11.9. The minimum atomic E-state index is -0.759. The fraction of sp³-hybridized carbons (Fsp3) is 0.945. The highest BCUT2D eigenvalue weighted by Crippen LogP contribution is 2.17. The molecule has 0 bridgehead atoms. The van der Waals surface area contributed by atoms with Gasteiger partial charge in [-0.3, -0.25) is 14.4 Å². The van der Waals surface area contributed by atoms with Crippen molar-refractivity contribution in [3.63, 3.8) is 0 Å². The lowest BCUT2D eigenvalue weighted by molar-refractivity contribution is -0.167. The second-order valence-corrected chi connectivity index (χ2v) is 18.9. The third-order valence-electron chi connectivity index (χ3n) is 12.6. The van der Waals surface area contributed by atoms with Crippen molar-refractivity contribution in [2.75, 3.05) is 13.2 Å². The molecule has 0 saturated carbocycles. The first-order valence-electron chi connectivity index (χ1n) is 27.5. The number of rotatable bonds is 51. The smallest absolute Gasteiger partial charge is 0.306 e. The van der Waals surface area contributed by atoms with Gasteiger partial charge in [-0.1, -0.05) is 278 Å². The average Bonchev–Trinajstić information content (AvgIpc) is 3.26. The molecule has 61 heavy (non-hydrogen) atoms. The van der Waals surface area contributed by atoms with Crippen molar-refractivity contribution in [3.05, 3.63) is 0 Å². The van der Waals surface area contributed by atoms with Crippen molar-refractivity contribution in [1.29, 1.82) is 0 Å². The first kappa shape index (κ1) is 59.4. The summed E-state index contributed by atoms with van der Waals surface area (Å²) in [6.07, 6.45) is 55.3. The molecular weight excluding hydrogens is 757 g/mol. The SMILES string of the molecule is CCCCCCCCCCCCCCCCCCCCCC(=O)OC[C@@H](COC(=O)CCCCCCCCCCCCCCCCC)OC(=O)CCCCCCCCCCC. The van der Waals surface area contributed by atoms with Crippen LogP contribution in [-0.2, 0) is 28.6 Å². The van der Waals surface area contributed by atoms with Crippen molar-refractivity contribution in [2.45, 2.75) is 322 Å². The minimum Gasteiger partial charge on any atom is -0.462 e. The van der Waals surface area contributed by atoms with E-state index in [1.165, 1.54) is 218 Å². The van der Waals surface area contributed by atoms with E-state index in [-0.39, 0.29) is 31.1 Å². The van der Waals surface area contributed by atoms with Crippen molar-refractivity contribution >= 4 is 17.9 Å². The van der Waals surface area contributed by atoms with Gasteiger partial charge in [0.15, 0.2) is 6.10 Å². The highest BCUT2D eigenvalue weighted by molar-refractivity contribution is 5.71. The van der Waals surface area contributed by atoms with E-state index in [0.717, 1.165) is 57.8 Å². The molecule has 0 radical (unpaired) electrons. The second-order valence-electron chi connectivity index (χ2n) is 18.9. The molecule has 0 N–H and O–H groups in total. The van der Waals surface area contributed by atoms with Crippen LogP contribution in [0, 0.1) is 0 Å². The van der Waals surface area contributed by atoms with Gasteiger partial charge in [0, 0.05) is 19.3 Å². The van der Waals surface area contributed by atoms with Gasteiger partial charge in [-0.25, -0.2) is 0 Å². The Morgan fingerprint density at radius 3 is 0.656 bits per heavy atom. The lowest BCUT2D eigenvalue weighted by atomic mass is 10.0. The zero-order valence-corrected chi connectivity index (χ0v) is 41.5. The summed E-state index contributed by atoms with van der Waals surface area (Å²) in [5.74, 6) is -0.840. The van der Waals surface area contributed by atoms with Gasteiger partial charge in [0.1, 0.15) is 13.2 Å². The maximum Gasteiger partial charge on any atom is 0.306 e. The van der Waals surface area contributed by atoms with Gasteiger partial charge < -0.3 is 14.2 Å². The van der Waals surface area contributed by atoms with E-state index < -0.39 is 6.10 Å². The molecule has 0 aromatic heterocycles. The molecule has 0 amide bonds. The number of carbonyl (C=O) groups is 3. The summed E-state index contributed by atoms with van der Waals surface area (Å²) in [5.41, 5.74) is 0. The lowest BCUT2D eigenvalue weighted by Crippen LogP contribution is -2.30. The van der Waals surface area contributed by atoms with Crippen LogP contribution in [-0.4, -0.2) is 37.2 Å². The van der Waals surface area contributed by atoms with E-state index in [2.05, 4.69) is 20.8 Å². The van der Waals surface area contributed by atoms with Gasteiger partial charge in [0.25, 0.3) is 0 Å². The number of unbranched alkanes of at least 4 members (excludes halogenated alkanes) is 40. The Hall–Kier alpha value is -1.59. The Balaban J connectivity index is 4.18. The van der Waals surface area contributed by atoms with E-state index in [1.54, 1.807) is 0 Å². The largest absolute Gasteiger partial charge is 0.462 e. The van der Waals surface area contributed by atoms with E-state index in [1.807, 2.05) is 0 Å². The van der Waals surface area contributed by atoms with Gasteiger partial charge in [-0.2, -0.15) is 0 Å². The summed E-state index contributed by atoms with van der Waals surface area (Å²) >= 11 is 0. The summed E-state index contributed by atoms with van der Waals surface area (Å²) in [6, 6.07) is 0. The summed E-state index contributed by atoms with van der Waals surface area (Å²) < 4.78 is 16.8. The molecule has 6 heteroatoms. The molecule has 0 unspecified atom stereocenters. The van der Waals surface area contributed by atoms with Crippen LogP contribution in [0.4, 0.5) is 0 Å². The molecule has 0 rings (SSSR count). The van der Waals surface area contributed by atoms with Crippen molar-refractivity contribution in [1.82, 2.24) is 0 Å². The molecule has 0 spiro atoms. The molecule has 0 aromatic carbocycles. The molecule has 0 fully saturated rings. The summed E-state index contributed by atoms with van der Waals surface area (Å²) in [6.45, 7) is 6.68. The zero-order valence-electron chi connectivity index (χ0n) is 41.5. The van der Waals surface area contributed by atoms with Gasteiger partial charge in [-0.15, -0.1) is 0 Å². The van der Waals surface area contributed by atoms with Crippen LogP contribution in [0.2, 0.25) is 0 Å². The minimum absolute atomic E-state index is 0.0618. The molecule has 6 nitrogen and oxygen atoms in total. The molecule has 0 aliphatic carbocycles. The number of ether oxygens (including phenoxy) is 3. The second kappa shape index (κ2) is 51.0. The summed E-state index contributed by atoms with van der Waals surface area (Å²) in [4.78, 5) is 37.9. The predicted molar refractivity (Wildman–Crippen MR) is 261 cm³/mol. The Morgan fingerprint density at radius 1 is 0.262 bits per heavy atom. The summed E-state index contributed by atoms with van der Waals surface area (Å²) in [7, 11) is 0. The standard InChI is InChI=1S/C55H106O6/c1-4-7-10-13-16-19-21-23-25-26-27-28-30-32-34-37-39-42-45-48-54(57)60-51-52(61-55(58)49-46-43-40-35-18-15-12-9-6-3)50-59-53(56)47-44-41-38-36-33-31-29-24-22-20-17-14-11-8-5-2/h52H,4-51H2,1-3H3/t52-/m1/s1. The maximum absolute atomic E-state index is 12.7. The van der Waals surface area contributed by atoms with Crippen molar-refractivity contribution in [3.8, 4) is 0 Å². The van der Waals surface area contributed by atoms with Crippen LogP contribution >= 0.6 is 0 Å². The number of hydrogen-bond donors (Lipinski definition) is 0. The third kappa shape index (κ3) is 49.3. The Labute approximate surface area is 380 Å². The molecule has 0 aliphatic heterocycles. The highest BCUT2D eigenvalue weighted by atomic mass is 16.6. The van der Waals surface area contributed by atoms with Gasteiger partial charge >= 0.3 is 17.9 Å². The summed E-state index contributed by atoms with van der Waals surface area (Å²) in [5, 5.41) is 0. The van der Waals surface area contributed by atoms with Gasteiger partial charge in [0.05, 0.1) is 0 Å². The first-order valence-corrected chi connectivity index (χ1v) is 27.5. The average molecular weight is 863 g/mol. The number of hydrogen-bond acceptors (Lipinski definition) is 6. The van der Waals surface area contributed by atoms with Crippen LogP contribution in [0.3, 0.4) is 0 Å². The molecule has 0 saturated heterocycles. The Kier molecular flexibility index (Phi) is 49.7. The molecule has 0 heterocycles. The van der Waals surface area contributed by atoms with E-state index >= 15 is 0 Å². The lowest BCUT2D eigenvalue weighted by Gasteiger charge is -2.18. The fourth-order valence-corrected chi connectivity index (χ4v) is 8.45. The predicted octanol–water partition coefficient (Wildman–Crippen LogP) is 18.0. The number of esters is 3. The fourth-order valence-electron chi connectivity index (χ4n) is 8.45. The van der Waals surface area contributed by atoms with E-state index in [4.69, 9.17) is 14.2 Å². The van der Waals surface area contributed by atoms with Crippen LogP contribution in [0.15, 0.2) is 0 Å². The van der Waals surface area contributed by atoms with Gasteiger partial charge in [-0.05, 0) is 19.3 Å². The van der Waals surface area contributed by atoms with Crippen LogP contribution in [0.5, 0.6) is 0 Å². The molecule has 0 aliphatic rings. The van der Waals surface area contributed by atoms with E-state index in [0.29, 0.717) is 19.3 Å². The quantitative estimate of drug-likeness (QED) is 0.0344. The van der Waals surface area contributed by atoms with Gasteiger partial charge in [0.2, 0.25) is 0 Å². The monoisotopic (exact) mass is 863 g/mol. The molecule has 0 aromatic rings. The van der Waals surface area contributed by atoms with Crippen molar-refractivity contribution in [2.24, 2.45) is 0 Å².